The third-order valence-corrected chi connectivity index (χ3v) is 16.0. The lowest BCUT2D eigenvalue weighted by atomic mass is 9.32. The maximum atomic E-state index is 15.1. The van der Waals surface area contributed by atoms with E-state index in [1.54, 1.807) is 23.3 Å². The zero-order valence-corrected chi connectivity index (χ0v) is 32.2. The monoisotopic (exact) mass is 742 g/mol. The molecule has 280 valence electrons. The van der Waals surface area contributed by atoms with Gasteiger partial charge in [0.2, 0.25) is 0 Å². The largest absolute Gasteiger partial charge is 0.497 e. The fourth-order valence-electron chi connectivity index (χ4n) is 12.0. The summed E-state index contributed by atoms with van der Waals surface area (Å²) in [4.78, 5) is 31.8. The number of amides is 2. The summed E-state index contributed by atoms with van der Waals surface area (Å²) in [5.41, 5.74) is -0.371. The Bertz CT molecular complexity index is 2150. The predicted octanol–water partition coefficient (Wildman–Crippen LogP) is 9.42. The molecule has 2 bridgehead atoms. The van der Waals surface area contributed by atoms with Crippen molar-refractivity contribution in [3.05, 3.63) is 119 Å². The number of aliphatic hydroxyl groups is 2. The summed E-state index contributed by atoms with van der Waals surface area (Å²) in [6.07, 6.45) is 11.8. The van der Waals surface area contributed by atoms with Crippen molar-refractivity contribution in [3.63, 3.8) is 0 Å². The number of thiophene rings is 1. The maximum absolute atomic E-state index is 15.1. The molecule has 54 heavy (non-hydrogen) atoms. The highest BCUT2D eigenvalue weighted by Gasteiger charge is 2.74. The molecule has 0 saturated heterocycles. The Balaban J connectivity index is 1.10. The van der Waals surface area contributed by atoms with Gasteiger partial charge in [-0.25, -0.2) is 4.79 Å². The molecule has 7 nitrogen and oxygen atoms in total. The van der Waals surface area contributed by atoms with Gasteiger partial charge in [-0.1, -0.05) is 80.6 Å². The van der Waals surface area contributed by atoms with Gasteiger partial charge in [-0.2, -0.15) is 0 Å². The number of ketones is 1. The molecule has 3 saturated carbocycles. The van der Waals surface area contributed by atoms with Gasteiger partial charge in [0.05, 0.1) is 30.2 Å². The van der Waals surface area contributed by atoms with Crippen LogP contribution < -0.4 is 10.1 Å². The molecule has 6 aliphatic rings. The molecule has 1 aromatic heterocycles. The number of fused-ring (bicyclic) bond motifs is 2. The average molecular weight is 743 g/mol. The second-order valence-corrected chi connectivity index (χ2v) is 18.4. The number of carbonyl (C=O) groups is 2. The molecule has 3 fully saturated rings. The molecule has 2 amide bonds. The molecule has 8 heteroatoms. The van der Waals surface area contributed by atoms with Gasteiger partial charge in [-0.3, -0.25) is 4.79 Å². The number of rotatable bonds is 8. The summed E-state index contributed by atoms with van der Waals surface area (Å²) < 4.78 is 6.42. The average Bonchev–Trinajstić information content (AvgIpc) is 3.73. The zero-order chi connectivity index (χ0) is 37.5. The van der Waals surface area contributed by atoms with Crippen LogP contribution in [0.5, 0.6) is 5.75 Å². The topological polar surface area (TPSA) is 99.1 Å². The highest BCUT2D eigenvalue weighted by molar-refractivity contribution is 7.21. The molecule has 1 unspecified atom stereocenters. The van der Waals surface area contributed by atoms with Gasteiger partial charge in [0.25, 0.3) is 0 Å². The highest BCUT2D eigenvalue weighted by atomic mass is 32.1. The van der Waals surface area contributed by atoms with Crippen LogP contribution in [-0.4, -0.2) is 52.3 Å². The van der Waals surface area contributed by atoms with Crippen molar-refractivity contribution in [3.8, 4) is 5.75 Å². The summed E-state index contributed by atoms with van der Waals surface area (Å²) >= 11 is 1.56. The Morgan fingerprint density at radius 3 is 2.35 bits per heavy atom. The fraction of sp³-hybridized carbons (Fsp3) is 0.435. The van der Waals surface area contributed by atoms with E-state index >= 15 is 4.79 Å². The minimum absolute atomic E-state index is 0.0141. The first-order valence-electron chi connectivity index (χ1n) is 19.6. The Kier molecular flexibility index (Phi) is 8.31. The molecule has 10 rings (SSSR count). The molecular weight excluding hydrogens is 693 g/mol. The molecular formula is C46H50N2O5S. The van der Waals surface area contributed by atoms with Crippen molar-refractivity contribution in [2.45, 2.75) is 77.0 Å². The van der Waals surface area contributed by atoms with Crippen LogP contribution in [0.15, 0.2) is 109 Å². The number of nitrogens with one attached hydrogen (secondary N) is 1. The summed E-state index contributed by atoms with van der Waals surface area (Å²) in [6, 6.07) is 27.2. The number of methoxy groups -OCH3 is 1. The van der Waals surface area contributed by atoms with E-state index in [9.17, 15) is 15.0 Å². The molecule has 3 aromatic carbocycles. The van der Waals surface area contributed by atoms with Gasteiger partial charge < -0.3 is 25.2 Å². The number of benzene rings is 3. The van der Waals surface area contributed by atoms with Crippen LogP contribution in [0.25, 0.3) is 10.1 Å². The third kappa shape index (κ3) is 5.12. The minimum atomic E-state index is -1.20. The number of urea groups is 1. The number of hydrogen-bond donors (Lipinski definition) is 3. The zero-order valence-electron chi connectivity index (χ0n) is 31.4. The van der Waals surface area contributed by atoms with Crippen LogP contribution in [0, 0.1) is 33.5 Å². The number of anilines is 1. The normalized spacial score (nSPS) is 34.8. The number of ether oxygens (including phenoxy) is 1. The second-order valence-electron chi connectivity index (χ2n) is 17.3. The van der Waals surface area contributed by atoms with Gasteiger partial charge in [-0.05, 0) is 110 Å². The summed E-state index contributed by atoms with van der Waals surface area (Å²) in [6.45, 7) is 5.15. The third-order valence-electron chi connectivity index (χ3n) is 14.9. The van der Waals surface area contributed by atoms with E-state index in [0.717, 1.165) is 58.2 Å². The van der Waals surface area contributed by atoms with Gasteiger partial charge in [-0.15, -0.1) is 11.3 Å². The minimum Gasteiger partial charge on any atom is -0.497 e. The first-order chi connectivity index (χ1) is 25.9. The van der Waals surface area contributed by atoms with E-state index in [4.69, 9.17) is 4.74 Å². The van der Waals surface area contributed by atoms with Crippen LogP contribution >= 0.6 is 11.3 Å². The van der Waals surface area contributed by atoms with E-state index in [2.05, 4.69) is 49.5 Å². The molecule has 2 spiro atoms. The van der Waals surface area contributed by atoms with Crippen molar-refractivity contribution in [2.24, 2.45) is 33.5 Å². The predicted molar refractivity (Wildman–Crippen MR) is 214 cm³/mol. The number of allylic oxidation sites excluding steroid dienone is 4. The van der Waals surface area contributed by atoms with Crippen LogP contribution in [-0.2, 0) is 6.54 Å². The number of hydrogen-bond acceptors (Lipinski definition) is 6. The van der Waals surface area contributed by atoms with Gasteiger partial charge in [0.15, 0.2) is 5.78 Å². The van der Waals surface area contributed by atoms with Crippen LogP contribution in [0.2, 0.25) is 0 Å². The van der Waals surface area contributed by atoms with E-state index in [-0.39, 0.29) is 35.6 Å². The fourth-order valence-corrected chi connectivity index (χ4v) is 13.0. The molecule has 3 N–H and O–H groups in total. The van der Waals surface area contributed by atoms with Crippen molar-refractivity contribution < 1.29 is 24.5 Å². The van der Waals surface area contributed by atoms with E-state index < -0.39 is 27.9 Å². The molecule has 4 aromatic rings. The maximum Gasteiger partial charge on any atom is 0.322 e. The number of nitrogens with zero attached hydrogens (tertiary/aromatic N) is 1. The van der Waals surface area contributed by atoms with Crippen LogP contribution in [0.4, 0.5) is 10.5 Å². The van der Waals surface area contributed by atoms with E-state index in [1.165, 1.54) is 0 Å². The Hall–Kier alpha value is -4.24. The molecule has 0 radical (unpaired) electrons. The SMILES string of the molecule is COc1ccc(NC(=O)N(Cc2ccccc2)C[C@]2(O)CC[C@H]3[C@]45C=C[C@@]6(C=C4C(=O)c4cc7ccccc7s4)CC(O)CC[C@]6(C)[C@H]5CC[C@@]32C)cc1. The summed E-state index contributed by atoms with van der Waals surface area (Å²) in [7, 11) is 1.61. The quantitative estimate of drug-likeness (QED) is 0.123. The first kappa shape index (κ1) is 35.5. The highest BCUT2D eigenvalue weighted by Crippen LogP contribution is 2.78. The van der Waals surface area contributed by atoms with Gasteiger partial charge in [0, 0.05) is 38.8 Å². The number of Topliss-reactive ketones (excluding diaryl/α,β-unsaturated/α-hetero) is 1. The molecule has 0 aliphatic heterocycles. The van der Waals surface area contributed by atoms with Crippen molar-refractivity contribution in [1.29, 1.82) is 0 Å². The van der Waals surface area contributed by atoms with E-state index in [1.807, 2.05) is 72.8 Å². The second kappa shape index (κ2) is 12.7. The molecule has 1 heterocycles. The smallest absolute Gasteiger partial charge is 0.322 e. The summed E-state index contributed by atoms with van der Waals surface area (Å²) in [5.74, 6) is 0.966. The van der Waals surface area contributed by atoms with Crippen molar-refractivity contribution >= 4 is 38.9 Å². The van der Waals surface area contributed by atoms with Crippen LogP contribution in [0.1, 0.15) is 74.0 Å². The van der Waals surface area contributed by atoms with Crippen molar-refractivity contribution in [1.82, 2.24) is 4.90 Å². The number of carbonyl (C=O) groups excluding carboxylic acids is 2. The summed E-state index contributed by atoms with van der Waals surface area (Å²) in [5, 5.41) is 28.4. The van der Waals surface area contributed by atoms with Crippen molar-refractivity contribution in [2.75, 3.05) is 19.0 Å². The lowest BCUT2D eigenvalue weighted by molar-refractivity contribution is -0.174. The first-order valence-corrected chi connectivity index (χ1v) is 20.4. The molecule has 8 atom stereocenters. The lowest BCUT2D eigenvalue weighted by Gasteiger charge is -2.71. The Labute approximate surface area is 321 Å². The standard InChI is InChI=1S/C46H50N2O5S/c1-42-20-17-33(49)26-44(42)23-24-46(35(27-44)40(50)37-25-31-11-7-8-12-36(31)54-37)38(42)18-21-43(2)39(46)19-22-45(43,52)29-48(28-30-9-5-4-6-10-30)41(51)47-32-13-15-34(53-3)16-14-32/h4-16,23-25,27,33,38-39,49,52H,17-22,26,28-29H2,1-3H3,(H,47,51)/t33?,38-,39-,42-,43+,44+,45-,46-/m1/s1. The Morgan fingerprint density at radius 2 is 1.59 bits per heavy atom. The van der Waals surface area contributed by atoms with Crippen LogP contribution in [0.3, 0.4) is 0 Å². The molecule has 6 aliphatic carbocycles. The number of aliphatic hydroxyl groups excluding tert-OH is 1. The Morgan fingerprint density at radius 1 is 0.889 bits per heavy atom. The lowest BCUT2D eigenvalue weighted by Crippen LogP contribution is -2.67. The van der Waals surface area contributed by atoms with Gasteiger partial charge >= 0.3 is 6.03 Å². The van der Waals surface area contributed by atoms with E-state index in [0.29, 0.717) is 30.8 Å². The van der Waals surface area contributed by atoms with Gasteiger partial charge in [0.1, 0.15) is 5.75 Å².